The van der Waals surface area contributed by atoms with Crippen molar-refractivity contribution < 1.29 is 5.11 Å². The quantitative estimate of drug-likeness (QED) is 0.575. The standard InChI is InChI=1S/C14H11NO/c1-9-5-6-11-8-7-10-3-2-4-12(16)13(10)14(11)15-9/h2-8,16H,1H3. The lowest BCUT2D eigenvalue weighted by Gasteiger charge is -2.05. The lowest BCUT2D eigenvalue weighted by Crippen LogP contribution is -1.85. The maximum atomic E-state index is 9.92. The Morgan fingerprint density at radius 3 is 2.56 bits per heavy atom. The Morgan fingerprint density at radius 1 is 0.938 bits per heavy atom. The fourth-order valence-electron chi connectivity index (χ4n) is 2.04. The molecule has 0 aliphatic rings. The average Bonchev–Trinajstić information content (AvgIpc) is 2.28. The van der Waals surface area contributed by atoms with Crippen LogP contribution in [0.1, 0.15) is 5.69 Å². The Labute approximate surface area is 93.2 Å². The molecule has 0 aliphatic heterocycles. The van der Waals surface area contributed by atoms with Crippen LogP contribution in [0.3, 0.4) is 0 Å². The van der Waals surface area contributed by atoms with Crippen LogP contribution in [0.15, 0.2) is 42.5 Å². The number of pyridine rings is 1. The van der Waals surface area contributed by atoms with Crippen molar-refractivity contribution in [3.63, 3.8) is 0 Å². The van der Waals surface area contributed by atoms with Crippen molar-refractivity contribution in [1.29, 1.82) is 0 Å². The number of aromatic nitrogens is 1. The first-order valence-electron chi connectivity index (χ1n) is 5.24. The van der Waals surface area contributed by atoms with Gasteiger partial charge in [0.05, 0.1) is 5.52 Å². The molecule has 0 saturated carbocycles. The lowest BCUT2D eigenvalue weighted by molar-refractivity contribution is 0.482. The van der Waals surface area contributed by atoms with Crippen LogP contribution in [0.2, 0.25) is 0 Å². The van der Waals surface area contributed by atoms with Crippen molar-refractivity contribution in [2.75, 3.05) is 0 Å². The van der Waals surface area contributed by atoms with Crippen molar-refractivity contribution in [3.8, 4) is 5.75 Å². The monoisotopic (exact) mass is 209 g/mol. The summed E-state index contributed by atoms with van der Waals surface area (Å²) >= 11 is 0. The van der Waals surface area contributed by atoms with Gasteiger partial charge in [0, 0.05) is 16.5 Å². The zero-order chi connectivity index (χ0) is 11.1. The van der Waals surface area contributed by atoms with E-state index in [2.05, 4.69) is 4.98 Å². The Balaban J connectivity index is 2.61. The van der Waals surface area contributed by atoms with E-state index in [0.29, 0.717) is 5.75 Å². The van der Waals surface area contributed by atoms with Crippen LogP contribution in [0, 0.1) is 6.92 Å². The van der Waals surface area contributed by atoms with Gasteiger partial charge in [-0.2, -0.15) is 0 Å². The van der Waals surface area contributed by atoms with E-state index < -0.39 is 0 Å². The molecule has 0 atom stereocenters. The van der Waals surface area contributed by atoms with Crippen LogP contribution in [0.4, 0.5) is 0 Å². The Bertz CT molecular complexity index is 689. The van der Waals surface area contributed by atoms with Crippen LogP contribution in [0.5, 0.6) is 5.75 Å². The van der Waals surface area contributed by atoms with Crippen molar-refractivity contribution in [1.82, 2.24) is 4.98 Å². The van der Waals surface area contributed by atoms with Gasteiger partial charge in [0.1, 0.15) is 5.75 Å². The molecule has 78 valence electrons. The molecular formula is C14H11NO. The van der Waals surface area contributed by atoms with Crippen LogP contribution < -0.4 is 0 Å². The minimum Gasteiger partial charge on any atom is -0.507 e. The number of aryl methyl sites for hydroxylation is 1. The molecule has 3 rings (SSSR count). The number of rotatable bonds is 0. The smallest absolute Gasteiger partial charge is 0.125 e. The molecule has 0 amide bonds. The molecule has 0 bridgehead atoms. The van der Waals surface area contributed by atoms with Crippen molar-refractivity contribution in [3.05, 3.63) is 48.2 Å². The fraction of sp³-hybridized carbons (Fsp3) is 0.0714. The second-order valence-corrected chi connectivity index (χ2v) is 3.97. The van der Waals surface area contributed by atoms with E-state index in [1.807, 2.05) is 43.3 Å². The topological polar surface area (TPSA) is 33.1 Å². The molecule has 0 saturated heterocycles. The summed E-state index contributed by atoms with van der Waals surface area (Å²) in [5, 5.41) is 12.8. The Morgan fingerprint density at radius 2 is 1.69 bits per heavy atom. The maximum Gasteiger partial charge on any atom is 0.125 e. The van der Waals surface area contributed by atoms with Crippen molar-refractivity contribution in [2.45, 2.75) is 6.92 Å². The number of nitrogens with zero attached hydrogens (tertiary/aromatic N) is 1. The molecule has 0 spiro atoms. The van der Waals surface area contributed by atoms with E-state index >= 15 is 0 Å². The van der Waals surface area contributed by atoms with Crippen molar-refractivity contribution >= 4 is 21.7 Å². The van der Waals surface area contributed by atoms with E-state index in [9.17, 15) is 5.11 Å². The number of hydrogen-bond acceptors (Lipinski definition) is 2. The predicted octanol–water partition coefficient (Wildman–Crippen LogP) is 3.40. The van der Waals surface area contributed by atoms with Gasteiger partial charge in [0.15, 0.2) is 0 Å². The molecule has 1 aromatic heterocycles. The van der Waals surface area contributed by atoms with Gasteiger partial charge in [0.25, 0.3) is 0 Å². The number of benzene rings is 2. The molecule has 2 heteroatoms. The molecule has 2 aromatic carbocycles. The third-order valence-electron chi connectivity index (χ3n) is 2.82. The van der Waals surface area contributed by atoms with Gasteiger partial charge in [0.2, 0.25) is 0 Å². The zero-order valence-corrected chi connectivity index (χ0v) is 8.94. The van der Waals surface area contributed by atoms with E-state index in [1.54, 1.807) is 6.07 Å². The fourth-order valence-corrected chi connectivity index (χ4v) is 2.04. The Kier molecular flexibility index (Phi) is 1.83. The summed E-state index contributed by atoms with van der Waals surface area (Å²) in [6.45, 7) is 1.96. The van der Waals surface area contributed by atoms with Crippen LogP contribution >= 0.6 is 0 Å². The zero-order valence-electron chi connectivity index (χ0n) is 8.94. The molecule has 3 aromatic rings. The third-order valence-corrected chi connectivity index (χ3v) is 2.82. The summed E-state index contributed by atoms with van der Waals surface area (Å²) in [4.78, 5) is 4.50. The average molecular weight is 209 g/mol. The molecular weight excluding hydrogens is 198 g/mol. The lowest BCUT2D eigenvalue weighted by atomic mass is 10.1. The van der Waals surface area contributed by atoms with Gasteiger partial charge in [-0.1, -0.05) is 30.3 Å². The maximum absolute atomic E-state index is 9.92. The highest BCUT2D eigenvalue weighted by atomic mass is 16.3. The van der Waals surface area contributed by atoms with Crippen LogP contribution in [0.25, 0.3) is 21.7 Å². The summed E-state index contributed by atoms with van der Waals surface area (Å²) in [5.74, 6) is 0.293. The third kappa shape index (κ3) is 1.23. The summed E-state index contributed by atoms with van der Waals surface area (Å²) in [5.41, 5.74) is 1.83. The van der Waals surface area contributed by atoms with Gasteiger partial charge in [-0.3, -0.25) is 4.98 Å². The molecule has 16 heavy (non-hydrogen) atoms. The number of fused-ring (bicyclic) bond motifs is 3. The Hall–Kier alpha value is -2.09. The largest absolute Gasteiger partial charge is 0.507 e. The molecule has 0 fully saturated rings. The minimum absolute atomic E-state index is 0.293. The molecule has 0 unspecified atom stereocenters. The summed E-state index contributed by atoms with van der Waals surface area (Å²) in [6, 6.07) is 13.6. The number of hydrogen-bond donors (Lipinski definition) is 1. The molecule has 0 aliphatic carbocycles. The highest BCUT2D eigenvalue weighted by molar-refractivity contribution is 6.08. The predicted molar refractivity (Wildman–Crippen MR) is 65.7 cm³/mol. The first-order chi connectivity index (χ1) is 7.75. The first-order valence-corrected chi connectivity index (χ1v) is 5.24. The normalized spacial score (nSPS) is 11.1. The van der Waals surface area contributed by atoms with Gasteiger partial charge in [-0.15, -0.1) is 0 Å². The first kappa shape index (κ1) is 9.16. The molecule has 1 heterocycles. The van der Waals surface area contributed by atoms with Gasteiger partial charge in [-0.05, 0) is 24.4 Å². The second kappa shape index (κ2) is 3.20. The summed E-state index contributed by atoms with van der Waals surface area (Å²) < 4.78 is 0. The van der Waals surface area contributed by atoms with Crippen molar-refractivity contribution in [2.24, 2.45) is 0 Å². The van der Waals surface area contributed by atoms with Gasteiger partial charge >= 0.3 is 0 Å². The van der Waals surface area contributed by atoms with Gasteiger partial charge < -0.3 is 5.11 Å². The SMILES string of the molecule is Cc1ccc2ccc3cccc(O)c3c2n1. The second-order valence-electron chi connectivity index (χ2n) is 3.97. The van der Waals surface area contributed by atoms with Crippen LogP contribution in [-0.2, 0) is 0 Å². The van der Waals surface area contributed by atoms with Crippen LogP contribution in [-0.4, -0.2) is 10.1 Å². The molecule has 0 radical (unpaired) electrons. The summed E-state index contributed by atoms with van der Waals surface area (Å²) in [7, 11) is 0. The van der Waals surface area contributed by atoms with E-state index in [-0.39, 0.29) is 0 Å². The van der Waals surface area contributed by atoms with Gasteiger partial charge in [-0.25, -0.2) is 0 Å². The van der Waals surface area contributed by atoms with E-state index in [4.69, 9.17) is 0 Å². The number of phenols is 1. The summed E-state index contributed by atoms with van der Waals surface area (Å²) in [6.07, 6.45) is 0. The minimum atomic E-state index is 0.293. The number of aromatic hydroxyl groups is 1. The highest BCUT2D eigenvalue weighted by Crippen LogP contribution is 2.30. The van der Waals surface area contributed by atoms with E-state index in [0.717, 1.165) is 27.4 Å². The highest BCUT2D eigenvalue weighted by Gasteiger charge is 2.05. The molecule has 1 N–H and O–H groups in total. The molecule has 2 nitrogen and oxygen atoms in total. The van der Waals surface area contributed by atoms with E-state index in [1.165, 1.54) is 0 Å². The number of phenolic OH excluding ortho intramolecular Hbond substituents is 1.